The fraction of sp³-hybridized carbons (Fsp3) is 0.381. The second kappa shape index (κ2) is 9.65. The third kappa shape index (κ3) is 7.65. The number of halogens is 3. The molecule has 0 aromatic heterocycles. The molecule has 0 spiro atoms. The van der Waals surface area contributed by atoms with Crippen molar-refractivity contribution in [2.45, 2.75) is 38.1 Å². The molecule has 1 unspecified atom stereocenters. The Labute approximate surface area is 166 Å². The second-order valence-electron chi connectivity index (χ2n) is 6.59. The summed E-state index contributed by atoms with van der Waals surface area (Å²) >= 11 is 0. The van der Waals surface area contributed by atoms with Crippen molar-refractivity contribution in [3.8, 4) is 17.2 Å². The molecule has 1 heterocycles. The highest BCUT2D eigenvalue weighted by atomic mass is 19.4. The van der Waals surface area contributed by atoms with Gasteiger partial charge in [-0.25, -0.2) is 4.79 Å². The van der Waals surface area contributed by atoms with Crippen molar-refractivity contribution in [2.75, 3.05) is 13.2 Å². The summed E-state index contributed by atoms with van der Waals surface area (Å²) in [7, 11) is 0. The van der Waals surface area contributed by atoms with Gasteiger partial charge in [-0.1, -0.05) is 6.42 Å². The Hall–Kier alpha value is -2.74. The van der Waals surface area contributed by atoms with E-state index in [0.717, 1.165) is 44.4 Å². The average molecular weight is 410 g/mol. The number of unbranched alkanes of at least 4 members (excludes halogenated alkanes) is 2. The number of esters is 1. The molecular formula is C21H21F3O5. The second-order valence-corrected chi connectivity index (χ2v) is 6.59. The van der Waals surface area contributed by atoms with Gasteiger partial charge in [-0.05, 0) is 67.8 Å². The van der Waals surface area contributed by atoms with E-state index in [1.165, 1.54) is 12.1 Å². The topological polar surface area (TPSA) is 57.3 Å². The Balaban J connectivity index is 1.41. The fourth-order valence-electron chi connectivity index (χ4n) is 2.64. The van der Waals surface area contributed by atoms with Gasteiger partial charge in [-0.15, -0.1) is 13.2 Å². The molecule has 1 saturated heterocycles. The first-order valence-electron chi connectivity index (χ1n) is 9.31. The van der Waals surface area contributed by atoms with Crippen molar-refractivity contribution in [1.29, 1.82) is 0 Å². The first kappa shape index (κ1) is 21.0. The highest BCUT2D eigenvalue weighted by molar-refractivity contribution is 5.91. The molecule has 3 rings (SSSR count). The molecule has 156 valence electrons. The Kier molecular flexibility index (Phi) is 6.98. The molecule has 0 bridgehead atoms. The van der Waals surface area contributed by atoms with Crippen LogP contribution in [0, 0.1) is 0 Å². The lowest BCUT2D eigenvalue weighted by Crippen LogP contribution is -2.17. The molecule has 1 aliphatic heterocycles. The van der Waals surface area contributed by atoms with Crippen molar-refractivity contribution in [3.63, 3.8) is 0 Å². The number of carbonyl (C=O) groups excluding carboxylic acids is 1. The molecule has 2 aromatic rings. The van der Waals surface area contributed by atoms with Gasteiger partial charge in [-0.3, -0.25) is 0 Å². The first-order valence-corrected chi connectivity index (χ1v) is 9.31. The summed E-state index contributed by atoms with van der Waals surface area (Å²) in [6.45, 7) is 1.49. The average Bonchev–Trinajstić information content (AvgIpc) is 3.50. The van der Waals surface area contributed by atoms with Crippen molar-refractivity contribution in [3.05, 3.63) is 54.1 Å². The number of carbonyl (C=O) groups is 1. The van der Waals surface area contributed by atoms with Crippen LogP contribution in [0.4, 0.5) is 13.2 Å². The summed E-state index contributed by atoms with van der Waals surface area (Å²) in [6.07, 6.45) is -0.0407. The van der Waals surface area contributed by atoms with E-state index < -0.39 is 12.3 Å². The van der Waals surface area contributed by atoms with Crippen LogP contribution >= 0.6 is 0 Å². The lowest BCUT2D eigenvalue weighted by Gasteiger charge is -2.10. The SMILES string of the molecule is O=C(Oc1ccc(OC(F)(F)F)cc1)c1ccc(OCCCCCC2CO2)cc1. The standard InChI is InChI=1S/C21H21F3O5/c22-21(23,24)29-18-11-9-17(10-12-18)28-20(25)15-5-7-16(8-6-15)26-13-3-1-2-4-19-14-27-19/h5-12,19H,1-4,13-14H2. The van der Waals surface area contributed by atoms with Crippen molar-refractivity contribution >= 4 is 5.97 Å². The van der Waals surface area contributed by atoms with Gasteiger partial charge in [0.1, 0.15) is 17.2 Å². The van der Waals surface area contributed by atoms with E-state index in [-0.39, 0.29) is 11.5 Å². The van der Waals surface area contributed by atoms with Gasteiger partial charge in [0.2, 0.25) is 0 Å². The van der Waals surface area contributed by atoms with E-state index >= 15 is 0 Å². The van der Waals surface area contributed by atoms with Crippen molar-refractivity contribution in [1.82, 2.24) is 0 Å². The van der Waals surface area contributed by atoms with Gasteiger partial charge >= 0.3 is 12.3 Å². The van der Waals surface area contributed by atoms with E-state index in [2.05, 4.69) is 4.74 Å². The summed E-state index contributed by atoms with van der Waals surface area (Å²) in [5, 5.41) is 0. The predicted molar refractivity (Wildman–Crippen MR) is 98.2 cm³/mol. The zero-order valence-corrected chi connectivity index (χ0v) is 15.6. The van der Waals surface area contributed by atoms with Crippen LogP contribution in [0.25, 0.3) is 0 Å². The van der Waals surface area contributed by atoms with Crippen molar-refractivity contribution < 1.29 is 36.9 Å². The minimum absolute atomic E-state index is 0.112. The third-order valence-electron chi connectivity index (χ3n) is 4.20. The molecule has 2 aromatic carbocycles. The van der Waals surface area contributed by atoms with E-state index in [9.17, 15) is 18.0 Å². The van der Waals surface area contributed by atoms with Gasteiger partial charge in [0.15, 0.2) is 0 Å². The summed E-state index contributed by atoms with van der Waals surface area (Å²) < 4.78 is 56.2. The van der Waals surface area contributed by atoms with Crippen LogP contribution in [0.15, 0.2) is 48.5 Å². The van der Waals surface area contributed by atoms with Gasteiger partial charge in [0.25, 0.3) is 0 Å². The molecule has 0 amide bonds. The quantitative estimate of drug-likeness (QED) is 0.235. The molecule has 0 N–H and O–H groups in total. The van der Waals surface area contributed by atoms with Crippen LogP contribution < -0.4 is 14.2 Å². The van der Waals surface area contributed by atoms with Crippen LogP contribution in [0.1, 0.15) is 36.0 Å². The molecule has 5 nitrogen and oxygen atoms in total. The molecular weight excluding hydrogens is 389 g/mol. The van der Waals surface area contributed by atoms with Crippen LogP contribution in [-0.2, 0) is 4.74 Å². The Morgan fingerprint density at radius 1 is 0.931 bits per heavy atom. The molecule has 1 atom stereocenters. The Morgan fingerprint density at radius 3 is 2.17 bits per heavy atom. The van der Waals surface area contributed by atoms with Crippen LogP contribution in [0.5, 0.6) is 17.2 Å². The van der Waals surface area contributed by atoms with E-state index in [1.54, 1.807) is 24.3 Å². The van der Waals surface area contributed by atoms with E-state index in [4.69, 9.17) is 14.2 Å². The van der Waals surface area contributed by atoms with Crippen molar-refractivity contribution in [2.24, 2.45) is 0 Å². The summed E-state index contributed by atoms with van der Waals surface area (Å²) in [4.78, 5) is 12.1. The summed E-state index contributed by atoms with van der Waals surface area (Å²) in [5.74, 6) is -0.245. The maximum absolute atomic E-state index is 12.1. The van der Waals surface area contributed by atoms with Gasteiger partial charge in [-0.2, -0.15) is 0 Å². The van der Waals surface area contributed by atoms with Gasteiger partial charge < -0.3 is 18.9 Å². The maximum atomic E-state index is 12.1. The molecule has 0 saturated carbocycles. The Morgan fingerprint density at radius 2 is 1.55 bits per heavy atom. The normalized spacial score (nSPS) is 15.6. The van der Waals surface area contributed by atoms with E-state index in [0.29, 0.717) is 24.0 Å². The minimum atomic E-state index is -4.77. The number of hydrogen-bond donors (Lipinski definition) is 0. The summed E-state index contributed by atoms with van der Waals surface area (Å²) in [5.41, 5.74) is 0.303. The fourth-order valence-corrected chi connectivity index (χ4v) is 2.64. The molecule has 0 aliphatic carbocycles. The lowest BCUT2D eigenvalue weighted by molar-refractivity contribution is -0.274. The number of hydrogen-bond acceptors (Lipinski definition) is 5. The zero-order chi connectivity index (χ0) is 20.7. The maximum Gasteiger partial charge on any atom is 0.573 e. The summed E-state index contributed by atoms with van der Waals surface area (Å²) in [6, 6.07) is 11.1. The van der Waals surface area contributed by atoms with E-state index in [1.807, 2.05) is 0 Å². The van der Waals surface area contributed by atoms with Crippen LogP contribution in [-0.4, -0.2) is 31.6 Å². The highest BCUT2D eigenvalue weighted by Gasteiger charge is 2.31. The van der Waals surface area contributed by atoms with Gasteiger partial charge in [0, 0.05) is 0 Å². The smallest absolute Gasteiger partial charge is 0.494 e. The number of ether oxygens (including phenoxy) is 4. The van der Waals surface area contributed by atoms with Crippen LogP contribution in [0.3, 0.4) is 0 Å². The highest BCUT2D eigenvalue weighted by Crippen LogP contribution is 2.25. The molecule has 29 heavy (non-hydrogen) atoms. The van der Waals surface area contributed by atoms with Gasteiger partial charge in [0.05, 0.1) is 24.9 Å². The minimum Gasteiger partial charge on any atom is -0.494 e. The monoisotopic (exact) mass is 410 g/mol. The predicted octanol–water partition coefficient (Wildman–Crippen LogP) is 5.14. The number of rotatable bonds is 10. The number of epoxide rings is 1. The first-order chi connectivity index (χ1) is 13.9. The number of benzene rings is 2. The molecule has 1 fully saturated rings. The van der Waals surface area contributed by atoms with Crippen LogP contribution in [0.2, 0.25) is 0 Å². The molecule has 8 heteroatoms. The zero-order valence-electron chi connectivity index (χ0n) is 15.6. The largest absolute Gasteiger partial charge is 0.573 e. The Bertz CT molecular complexity index is 783. The third-order valence-corrected chi connectivity index (χ3v) is 4.20. The lowest BCUT2D eigenvalue weighted by atomic mass is 10.1. The number of alkyl halides is 3. The molecule has 0 radical (unpaired) electrons. The molecule has 1 aliphatic rings.